The molecular formula is C18H30O2S. The summed E-state index contributed by atoms with van der Waals surface area (Å²) in [5.74, 6) is 1.12. The van der Waals surface area contributed by atoms with Crippen LogP contribution in [0.2, 0.25) is 0 Å². The summed E-state index contributed by atoms with van der Waals surface area (Å²) in [7, 11) is 0. The van der Waals surface area contributed by atoms with Crippen molar-refractivity contribution in [2.75, 3.05) is 0 Å². The number of ketones is 2. The predicted octanol–water partition coefficient (Wildman–Crippen LogP) is 5.19. The van der Waals surface area contributed by atoms with E-state index in [-0.39, 0.29) is 17.6 Å². The van der Waals surface area contributed by atoms with Gasteiger partial charge in [0, 0.05) is 18.3 Å². The lowest BCUT2D eigenvalue weighted by atomic mass is 9.77. The molecule has 1 heterocycles. The molecule has 0 bridgehead atoms. The summed E-state index contributed by atoms with van der Waals surface area (Å²) in [6, 6.07) is 0. The van der Waals surface area contributed by atoms with E-state index in [1.165, 1.54) is 0 Å². The fourth-order valence-corrected chi connectivity index (χ4v) is 3.59. The third kappa shape index (κ3) is 4.57. The second kappa shape index (κ2) is 6.95. The number of carbonyl (C=O) groups is 2. The van der Waals surface area contributed by atoms with Crippen LogP contribution < -0.4 is 0 Å². The molecule has 2 rings (SSSR count). The molecule has 0 radical (unpaired) electrons. The van der Waals surface area contributed by atoms with Crippen LogP contribution in [-0.2, 0) is 9.59 Å². The zero-order chi connectivity index (χ0) is 15.7. The number of allylic oxidation sites excluding steroid dienone is 2. The Morgan fingerprint density at radius 2 is 1.57 bits per heavy atom. The van der Waals surface area contributed by atoms with E-state index in [1.54, 1.807) is 11.8 Å². The van der Waals surface area contributed by atoms with Crippen molar-refractivity contribution in [1.29, 1.82) is 0 Å². The van der Waals surface area contributed by atoms with Gasteiger partial charge >= 0.3 is 0 Å². The topological polar surface area (TPSA) is 34.1 Å². The molecule has 2 nitrogen and oxygen atoms in total. The van der Waals surface area contributed by atoms with Crippen molar-refractivity contribution >= 4 is 23.3 Å². The summed E-state index contributed by atoms with van der Waals surface area (Å²) in [5, 5.41) is 0. The minimum absolute atomic E-state index is 0. The van der Waals surface area contributed by atoms with Crippen LogP contribution in [0.5, 0.6) is 0 Å². The summed E-state index contributed by atoms with van der Waals surface area (Å²) in [6.45, 7) is 17.8. The molecule has 1 atom stereocenters. The first-order chi connectivity index (χ1) is 8.99. The molecule has 120 valence electrons. The summed E-state index contributed by atoms with van der Waals surface area (Å²) in [4.78, 5) is 23.5. The molecule has 0 N–H and O–H groups in total. The number of thioether (sulfide) groups is 1. The Bertz CT molecular complexity index is 460. The van der Waals surface area contributed by atoms with Gasteiger partial charge in [0.15, 0.2) is 5.78 Å². The van der Waals surface area contributed by atoms with Crippen LogP contribution in [0.1, 0.15) is 61.3 Å². The number of rotatable bonds is 1. The van der Waals surface area contributed by atoms with E-state index in [1.807, 2.05) is 13.8 Å². The van der Waals surface area contributed by atoms with Crippen LogP contribution in [0, 0.1) is 11.3 Å². The Hall–Kier alpha value is -0.830. The lowest BCUT2D eigenvalue weighted by Gasteiger charge is -2.25. The maximum atomic E-state index is 11.5. The summed E-state index contributed by atoms with van der Waals surface area (Å²) >= 11 is 1.59. The molecule has 2 fully saturated rings. The van der Waals surface area contributed by atoms with Gasteiger partial charge in [-0.1, -0.05) is 46.9 Å². The molecule has 1 aliphatic carbocycles. The second-order valence-corrected chi connectivity index (χ2v) is 8.65. The summed E-state index contributed by atoms with van der Waals surface area (Å²) in [6.07, 6.45) is 2.07. The smallest absolute Gasteiger partial charge is 0.153 e. The van der Waals surface area contributed by atoms with Crippen LogP contribution in [0.4, 0.5) is 0 Å². The molecule has 1 aliphatic heterocycles. The quantitative estimate of drug-likeness (QED) is 0.625. The number of hydrogen-bond donors (Lipinski definition) is 0. The first-order valence-corrected chi connectivity index (χ1v) is 7.90. The van der Waals surface area contributed by atoms with Gasteiger partial charge in [0.25, 0.3) is 0 Å². The monoisotopic (exact) mass is 310 g/mol. The first-order valence-electron chi connectivity index (χ1n) is 7.09. The van der Waals surface area contributed by atoms with Crippen LogP contribution in [0.25, 0.3) is 0 Å². The molecule has 1 unspecified atom stereocenters. The predicted molar refractivity (Wildman–Crippen MR) is 93.5 cm³/mol. The normalized spacial score (nSPS) is 27.5. The minimum atomic E-state index is -0.197. The average molecular weight is 311 g/mol. The van der Waals surface area contributed by atoms with Crippen molar-refractivity contribution < 1.29 is 9.59 Å². The van der Waals surface area contributed by atoms with Crippen molar-refractivity contribution in [2.45, 2.75) is 66.1 Å². The van der Waals surface area contributed by atoms with Crippen molar-refractivity contribution in [3.63, 3.8) is 0 Å². The lowest BCUT2D eigenvalue weighted by molar-refractivity contribution is -0.127. The van der Waals surface area contributed by atoms with Crippen molar-refractivity contribution in [3.8, 4) is 0 Å². The fourth-order valence-electron chi connectivity index (χ4n) is 2.48. The number of carbonyl (C=O) groups excluding carboxylic acids is 2. The van der Waals surface area contributed by atoms with E-state index < -0.39 is 0 Å². The highest BCUT2D eigenvalue weighted by Crippen LogP contribution is 2.43. The number of hydrogen-bond acceptors (Lipinski definition) is 3. The Balaban J connectivity index is 0.000000370. The van der Waals surface area contributed by atoms with Gasteiger partial charge in [-0.2, -0.15) is 0 Å². The van der Waals surface area contributed by atoms with Crippen LogP contribution in [0.15, 0.2) is 23.6 Å². The Morgan fingerprint density at radius 1 is 1.05 bits per heavy atom. The van der Waals surface area contributed by atoms with Gasteiger partial charge in [-0.25, -0.2) is 0 Å². The molecule has 0 aromatic heterocycles. The summed E-state index contributed by atoms with van der Waals surface area (Å²) in [5.41, 5.74) is 0.989. The SMILES string of the molecule is C.C=C1CC(=O)C(C)(C(C)C)C1.C=C1CC(=O)C(C)(C)S1. The zero-order valence-electron chi connectivity index (χ0n) is 13.3. The molecule has 0 amide bonds. The molecule has 21 heavy (non-hydrogen) atoms. The number of Topliss-reactive ketones (excluding diaryl/α,β-unsaturated/α-hetero) is 2. The van der Waals surface area contributed by atoms with E-state index >= 15 is 0 Å². The van der Waals surface area contributed by atoms with E-state index in [2.05, 4.69) is 33.9 Å². The van der Waals surface area contributed by atoms with Crippen molar-refractivity contribution in [3.05, 3.63) is 23.6 Å². The molecule has 1 saturated carbocycles. The standard InChI is InChI=1S/C10H16O.C7H10OS.CH4/c1-7(2)10(4)6-8(3)5-9(10)11;1-5-4-6(8)7(2,3)9-5;/h7H,3,5-6H2,1-2,4H3;1,4H2,2-3H3;1H4. The maximum absolute atomic E-state index is 11.5. The largest absolute Gasteiger partial charge is 0.299 e. The van der Waals surface area contributed by atoms with Gasteiger partial charge < -0.3 is 0 Å². The van der Waals surface area contributed by atoms with Crippen LogP contribution in [-0.4, -0.2) is 16.3 Å². The highest BCUT2D eigenvalue weighted by atomic mass is 32.2. The van der Waals surface area contributed by atoms with E-state index in [0.717, 1.165) is 16.9 Å². The highest BCUT2D eigenvalue weighted by molar-refractivity contribution is 8.05. The third-order valence-electron chi connectivity index (χ3n) is 4.37. The molecule has 0 spiro atoms. The van der Waals surface area contributed by atoms with Crippen molar-refractivity contribution in [1.82, 2.24) is 0 Å². The van der Waals surface area contributed by atoms with E-state index in [9.17, 15) is 9.59 Å². The third-order valence-corrected chi connectivity index (χ3v) is 5.54. The van der Waals surface area contributed by atoms with Gasteiger partial charge in [-0.05, 0) is 31.1 Å². The molecule has 3 heteroatoms. The molecular weight excluding hydrogens is 280 g/mol. The van der Waals surface area contributed by atoms with E-state index in [4.69, 9.17) is 0 Å². The molecule has 0 aromatic carbocycles. The van der Waals surface area contributed by atoms with Crippen LogP contribution in [0.3, 0.4) is 0 Å². The lowest BCUT2D eigenvalue weighted by Crippen LogP contribution is -2.27. The summed E-state index contributed by atoms with van der Waals surface area (Å²) < 4.78 is -0.197. The highest BCUT2D eigenvalue weighted by Gasteiger charge is 2.41. The Morgan fingerprint density at radius 3 is 1.71 bits per heavy atom. The van der Waals surface area contributed by atoms with E-state index in [0.29, 0.717) is 30.3 Å². The molecule has 0 aromatic rings. The first kappa shape index (κ1) is 20.2. The fraction of sp³-hybridized carbons (Fsp3) is 0.667. The van der Waals surface area contributed by atoms with Gasteiger partial charge in [0.1, 0.15) is 5.78 Å². The second-order valence-electron chi connectivity index (χ2n) is 6.85. The Labute approximate surface area is 134 Å². The maximum Gasteiger partial charge on any atom is 0.153 e. The van der Waals surface area contributed by atoms with Gasteiger partial charge in [0.2, 0.25) is 0 Å². The minimum Gasteiger partial charge on any atom is -0.299 e. The van der Waals surface area contributed by atoms with Gasteiger partial charge in [-0.15, -0.1) is 11.8 Å². The molecule has 2 aliphatic rings. The Kier molecular flexibility index (Phi) is 6.68. The van der Waals surface area contributed by atoms with Gasteiger partial charge in [-0.3, -0.25) is 9.59 Å². The zero-order valence-corrected chi connectivity index (χ0v) is 14.2. The van der Waals surface area contributed by atoms with Gasteiger partial charge in [0.05, 0.1) is 4.75 Å². The molecule has 1 saturated heterocycles. The average Bonchev–Trinajstić information content (AvgIpc) is 2.65. The van der Waals surface area contributed by atoms with Crippen molar-refractivity contribution in [2.24, 2.45) is 11.3 Å². The van der Waals surface area contributed by atoms with Crippen LogP contribution >= 0.6 is 11.8 Å².